The Morgan fingerprint density at radius 3 is 2.81 bits per heavy atom. The van der Waals surface area contributed by atoms with Gasteiger partial charge in [-0.15, -0.1) is 0 Å². The van der Waals surface area contributed by atoms with E-state index in [4.69, 9.17) is 5.11 Å². The van der Waals surface area contributed by atoms with E-state index < -0.39 is 5.97 Å². The van der Waals surface area contributed by atoms with E-state index in [-0.39, 0.29) is 18.5 Å². The molecule has 1 rings (SSSR count). The van der Waals surface area contributed by atoms with Crippen LogP contribution in [0.2, 0.25) is 0 Å². The summed E-state index contributed by atoms with van der Waals surface area (Å²) in [5.74, 6) is 0.680. The second-order valence-electron chi connectivity index (χ2n) is 3.83. The third-order valence-electron chi connectivity index (χ3n) is 2.22. The fourth-order valence-electron chi connectivity index (χ4n) is 1.55. The number of nitrogens with zero attached hydrogens (tertiary/aromatic N) is 2. The number of carbonyl (C=O) groups excluding carboxylic acids is 1. The zero-order valence-corrected chi connectivity index (χ0v) is 10.3. The summed E-state index contributed by atoms with van der Waals surface area (Å²) >= 11 is 1.69. The molecule has 0 aromatic heterocycles. The van der Waals surface area contributed by atoms with Crippen LogP contribution in [-0.2, 0) is 4.79 Å². The van der Waals surface area contributed by atoms with E-state index in [0.717, 1.165) is 5.75 Å². The van der Waals surface area contributed by atoms with Gasteiger partial charge in [-0.3, -0.25) is 10.2 Å². The molecule has 7 heteroatoms. The smallest absolute Gasteiger partial charge is 0.332 e. The Kier molecular flexibility index (Phi) is 4.88. The van der Waals surface area contributed by atoms with Crippen LogP contribution in [0.5, 0.6) is 0 Å². The van der Waals surface area contributed by atoms with E-state index in [2.05, 4.69) is 5.43 Å². The Hall–Kier alpha value is -0.950. The Labute approximate surface area is 98.9 Å². The highest BCUT2D eigenvalue weighted by molar-refractivity contribution is 7.99. The molecule has 1 unspecified atom stereocenters. The Morgan fingerprint density at radius 2 is 2.25 bits per heavy atom. The maximum Gasteiger partial charge on any atom is 0.332 e. The van der Waals surface area contributed by atoms with Crippen LogP contribution in [0.25, 0.3) is 0 Å². The maximum absolute atomic E-state index is 11.8. The molecule has 0 aromatic carbocycles. The van der Waals surface area contributed by atoms with E-state index in [1.54, 1.807) is 35.8 Å². The molecule has 1 fully saturated rings. The van der Waals surface area contributed by atoms with Crippen LogP contribution in [0.3, 0.4) is 0 Å². The van der Waals surface area contributed by atoms with Crippen molar-refractivity contribution < 1.29 is 14.7 Å². The van der Waals surface area contributed by atoms with Crippen LogP contribution in [0.4, 0.5) is 4.79 Å². The van der Waals surface area contributed by atoms with Crippen molar-refractivity contribution in [1.82, 2.24) is 15.3 Å². The van der Waals surface area contributed by atoms with E-state index in [1.165, 1.54) is 0 Å². The summed E-state index contributed by atoms with van der Waals surface area (Å²) in [6, 6.07) is -0.437. The Balaban J connectivity index is 2.58. The van der Waals surface area contributed by atoms with Crippen LogP contribution >= 0.6 is 11.8 Å². The van der Waals surface area contributed by atoms with Crippen molar-refractivity contribution in [2.45, 2.75) is 12.5 Å². The molecule has 0 aliphatic carbocycles. The summed E-state index contributed by atoms with van der Waals surface area (Å²) in [6.07, 6.45) is 0.00779. The van der Waals surface area contributed by atoms with Gasteiger partial charge in [-0.2, -0.15) is 11.8 Å². The summed E-state index contributed by atoms with van der Waals surface area (Å²) in [4.78, 5) is 24.1. The first-order valence-corrected chi connectivity index (χ1v) is 6.20. The van der Waals surface area contributed by atoms with Crippen LogP contribution in [-0.4, -0.2) is 65.2 Å². The monoisotopic (exact) mass is 247 g/mol. The van der Waals surface area contributed by atoms with Gasteiger partial charge >= 0.3 is 12.0 Å². The van der Waals surface area contributed by atoms with Crippen LogP contribution in [0, 0.1) is 0 Å². The number of hydrogen-bond acceptors (Lipinski definition) is 4. The number of amides is 2. The molecule has 1 heterocycles. The minimum absolute atomic E-state index is 0.00779. The summed E-state index contributed by atoms with van der Waals surface area (Å²) in [5.41, 5.74) is 2.63. The van der Waals surface area contributed by atoms with Gasteiger partial charge in [0.15, 0.2) is 0 Å². The van der Waals surface area contributed by atoms with E-state index >= 15 is 0 Å². The molecular weight excluding hydrogens is 230 g/mol. The number of carboxylic acid groups (broad SMARTS) is 1. The Morgan fingerprint density at radius 1 is 1.56 bits per heavy atom. The van der Waals surface area contributed by atoms with Gasteiger partial charge in [0.1, 0.15) is 0 Å². The second kappa shape index (κ2) is 5.95. The molecule has 2 N–H and O–H groups in total. The summed E-state index contributed by atoms with van der Waals surface area (Å²) in [5, 5.41) is 10.3. The van der Waals surface area contributed by atoms with Crippen molar-refractivity contribution in [3.63, 3.8) is 0 Å². The molecule has 1 saturated heterocycles. The first kappa shape index (κ1) is 13.1. The zero-order valence-electron chi connectivity index (χ0n) is 9.47. The average Bonchev–Trinajstić information content (AvgIpc) is 2.16. The molecule has 0 spiro atoms. The molecule has 2 amide bonds. The first-order valence-electron chi connectivity index (χ1n) is 5.05. The number of hydrogen-bond donors (Lipinski definition) is 2. The van der Waals surface area contributed by atoms with Crippen LogP contribution in [0.1, 0.15) is 6.42 Å². The van der Waals surface area contributed by atoms with Gasteiger partial charge in [-0.05, 0) is 0 Å². The highest BCUT2D eigenvalue weighted by Gasteiger charge is 2.28. The molecule has 0 aromatic rings. The molecule has 16 heavy (non-hydrogen) atoms. The number of rotatable bonds is 3. The SMILES string of the molecule is CN(C)NC(=O)N1CCSCC1CC(=O)O. The highest BCUT2D eigenvalue weighted by Crippen LogP contribution is 2.18. The molecule has 6 nitrogen and oxygen atoms in total. The molecule has 92 valence electrons. The summed E-state index contributed by atoms with van der Waals surface area (Å²) < 4.78 is 0. The van der Waals surface area contributed by atoms with Gasteiger partial charge in [0, 0.05) is 32.1 Å². The van der Waals surface area contributed by atoms with Crippen molar-refractivity contribution in [2.24, 2.45) is 0 Å². The zero-order chi connectivity index (χ0) is 12.1. The quantitative estimate of drug-likeness (QED) is 0.690. The van der Waals surface area contributed by atoms with Crippen molar-refractivity contribution in [1.29, 1.82) is 0 Å². The molecule has 0 radical (unpaired) electrons. The van der Waals surface area contributed by atoms with Gasteiger partial charge in [0.25, 0.3) is 0 Å². The molecule has 1 aliphatic rings. The van der Waals surface area contributed by atoms with Gasteiger partial charge in [-0.25, -0.2) is 9.80 Å². The van der Waals surface area contributed by atoms with Gasteiger partial charge < -0.3 is 10.0 Å². The third kappa shape index (κ3) is 3.90. The van der Waals surface area contributed by atoms with Crippen molar-refractivity contribution in [2.75, 3.05) is 32.1 Å². The largest absolute Gasteiger partial charge is 0.481 e. The average molecular weight is 247 g/mol. The van der Waals surface area contributed by atoms with Crippen molar-refractivity contribution >= 4 is 23.8 Å². The predicted molar refractivity (Wildman–Crippen MR) is 62.3 cm³/mol. The minimum Gasteiger partial charge on any atom is -0.481 e. The van der Waals surface area contributed by atoms with Gasteiger partial charge in [0.05, 0.1) is 12.5 Å². The van der Waals surface area contributed by atoms with E-state index in [1.807, 2.05) is 0 Å². The van der Waals surface area contributed by atoms with Gasteiger partial charge in [-0.1, -0.05) is 0 Å². The lowest BCUT2D eigenvalue weighted by molar-refractivity contribution is -0.138. The van der Waals surface area contributed by atoms with E-state index in [9.17, 15) is 9.59 Å². The van der Waals surface area contributed by atoms with Crippen LogP contribution in [0.15, 0.2) is 0 Å². The fourth-order valence-corrected chi connectivity index (χ4v) is 2.61. The number of urea groups is 1. The number of hydrazine groups is 1. The van der Waals surface area contributed by atoms with Crippen molar-refractivity contribution in [3.8, 4) is 0 Å². The molecule has 0 saturated carbocycles. The number of carbonyl (C=O) groups is 2. The Bertz CT molecular complexity index is 273. The van der Waals surface area contributed by atoms with Gasteiger partial charge in [0.2, 0.25) is 0 Å². The van der Waals surface area contributed by atoms with Crippen molar-refractivity contribution in [3.05, 3.63) is 0 Å². The predicted octanol–water partition coefficient (Wildman–Crippen LogP) is 0.0647. The molecular formula is C9H17N3O3S. The topological polar surface area (TPSA) is 72.9 Å². The molecule has 1 atom stereocenters. The maximum atomic E-state index is 11.8. The third-order valence-corrected chi connectivity index (χ3v) is 3.31. The second-order valence-corrected chi connectivity index (χ2v) is 4.98. The number of aliphatic carboxylic acids is 1. The molecule has 1 aliphatic heterocycles. The lowest BCUT2D eigenvalue weighted by atomic mass is 10.2. The number of nitrogens with one attached hydrogen (secondary N) is 1. The standard InChI is InChI=1S/C9H17N3O3S/c1-11(2)10-9(15)12-3-4-16-6-7(12)5-8(13)14/h7H,3-6H2,1-2H3,(H,10,15)(H,13,14). The number of thioether (sulfide) groups is 1. The fraction of sp³-hybridized carbons (Fsp3) is 0.778. The normalized spacial score (nSPS) is 20.9. The van der Waals surface area contributed by atoms with Crippen LogP contribution < -0.4 is 5.43 Å². The minimum atomic E-state index is -0.866. The summed E-state index contributed by atoms with van der Waals surface area (Å²) in [7, 11) is 3.45. The number of carboxylic acids is 1. The lowest BCUT2D eigenvalue weighted by Crippen LogP contribution is -2.53. The van der Waals surface area contributed by atoms with E-state index in [0.29, 0.717) is 12.3 Å². The highest BCUT2D eigenvalue weighted by atomic mass is 32.2. The molecule has 0 bridgehead atoms. The lowest BCUT2D eigenvalue weighted by Gasteiger charge is -2.35. The first-order chi connectivity index (χ1) is 7.50. The summed E-state index contributed by atoms with van der Waals surface area (Å²) in [6.45, 7) is 0.599.